The van der Waals surface area contributed by atoms with Gasteiger partial charge in [0.25, 0.3) is 0 Å². The van der Waals surface area contributed by atoms with Gasteiger partial charge in [-0.3, -0.25) is 4.90 Å². The molecule has 94 valence electrons. The first-order chi connectivity index (χ1) is 7.89. The van der Waals surface area contributed by atoms with Crippen molar-refractivity contribution in [1.29, 1.82) is 0 Å². The molecular weight excluding hydrogens is 234 g/mol. The zero-order valence-corrected chi connectivity index (χ0v) is 11.8. The molecule has 1 aromatic carbocycles. The summed E-state index contributed by atoms with van der Waals surface area (Å²) in [7, 11) is 2.11. The highest BCUT2D eigenvalue weighted by molar-refractivity contribution is 6.31. The minimum atomic E-state index is 0.00530. The summed E-state index contributed by atoms with van der Waals surface area (Å²) in [6.45, 7) is 9.13. The fraction of sp³-hybridized carbons (Fsp3) is 0.571. The zero-order valence-electron chi connectivity index (χ0n) is 11.0. The van der Waals surface area contributed by atoms with Crippen LogP contribution >= 0.6 is 11.6 Å². The number of fused-ring (bicyclic) bond motifs is 1. The van der Waals surface area contributed by atoms with Crippen LogP contribution in [0.3, 0.4) is 0 Å². The second kappa shape index (κ2) is 4.51. The van der Waals surface area contributed by atoms with Gasteiger partial charge in [-0.25, -0.2) is 0 Å². The van der Waals surface area contributed by atoms with E-state index >= 15 is 0 Å². The summed E-state index contributed by atoms with van der Waals surface area (Å²) in [6, 6.07) is 4.07. The van der Waals surface area contributed by atoms with Crippen LogP contribution in [-0.2, 0) is 12.0 Å². The average Bonchev–Trinajstić information content (AvgIpc) is 2.36. The third-order valence-electron chi connectivity index (χ3n) is 3.10. The van der Waals surface area contributed by atoms with Crippen molar-refractivity contribution in [2.24, 2.45) is 0 Å². The normalized spacial score (nSPS) is 17.2. The van der Waals surface area contributed by atoms with Crippen LogP contribution in [-0.4, -0.2) is 25.1 Å². The molecule has 0 aliphatic carbocycles. The molecule has 0 bridgehead atoms. The Morgan fingerprint density at radius 3 is 2.65 bits per heavy atom. The molecule has 1 heterocycles. The second-order valence-corrected chi connectivity index (χ2v) is 6.15. The van der Waals surface area contributed by atoms with Gasteiger partial charge in [-0.2, -0.15) is 0 Å². The highest BCUT2D eigenvalue weighted by atomic mass is 35.5. The van der Waals surface area contributed by atoms with Crippen LogP contribution in [0.5, 0.6) is 5.75 Å². The van der Waals surface area contributed by atoms with E-state index in [4.69, 9.17) is 16.3 Å². The standard InChI is InChI=1S/C14H20ClNO/c1-14(2,3)12-11(15)6-5-10-9-16(4)7-8-17-13(10)12/h5-6H,7-9H2,1-4H3. The third-order valence-corrected chi connectivity index (χ3v) is 3.41. The third kappa shape index (κ3) is 2.58. The molecule has 0 unspecified atom stereocenters. The lowest BCUT2D eigenvalue weighted by molar-refractivity contribution is 0.256. The molecule has 2 rings (SSSR count). The van der Waals surface area contributed by atoms with Gasteiger partial charge >= 0.3 is 0 Å². The van der Waals surface area contributed by atoms with Crippen LogP contribution in [0.1, 0.15) is 31.9 Å². The van der Waals surface area contributed by atoms with E-state index in [1.807, 2.05) is 6.07 Å². The van der Waals surface area contributed by atoms with Crippen molar-refractivity contribution < 1.29 is 4.74 Å². The Labute approximate surface area is 109 Å². The number of nitrogens with zero attached hydrogens (tertiary/aromatic N) is 1. The van der Waals surface area contributed by atoms with E-state index in [1.165, 1.54) is 5.56 Å². The maximum Gasteiger partial charge on any atom is 0.129 e. The Bertz CT molecular complexity index is 423. The van der Waals surface area contributed by atoms with E-state index in [0.717, 1.165) is 36.0 Å². The number of hydrogen-bond acceptors (Lipinski definition) is 2. The summed E-state index contributed by atoms with van der Waals surface area (Å²) in [5, 5.41) is 0.806. The van der Waals surface area contributed by atoms with Crippen molar-refractivity contribution in [2.75, 3.05) is 20.2 Å². The van der Waals surface area contributed by atoms with Gasteiger partial charge < -0.3 is 4.74 Å². The summed E-state index contributed by atoms with van der Waals surface area (Å²) in [5.41, 5.74) is 2.37. The Kier molecular flexibility index (Phi) is 3.37. The van der Waals surface area contributed by atoms with Crippen molar-refractivity contribution in [3.05, 3.63) is 28.3 Å². The molecule has 1 aliphatic rings. The highest BCUT2D eigenvalue weighted by Gasteiger charge is 2.26. The predicted molar refractivity (Wildman–Crippen MR) is 72.0 cm³/mol. The Morgan fingerprint density at radius 2 is 2.00 bits per heavy atom. The van der Waals surface area contributed by atoms with Gasteiger partial charge in [-0.15, -0.1) is 0 Å². The van der Waals surface area contributed by atoms with Gasteiger partial charge in [-0.05, 0) is 18.5 Å². The molecule has 0 saturated heterocycles. The largest absolute Gasteiger partial charge is 0.492 e. The van der Waals surface area contributed by atoms with Crippen LogP contribution in [0.2, 0.25) is 5.02 Å². The predicted octanol–water partition coefficient (Wildman–Crippen LogP) is 3.46. The quantitative estimate of drug-likeness (QED) is 0.702. The van der Waals surface area contributed by atoms with Crippen LogP contribution in [0.4, 0.5) is 0 Å². The van der Waals surface area contributed by atoms with Gasteiger partial charge in [0.2, 0.25) is 0 Å². The van der Waals surface area contributed by atoms with Crippen LogP contribution in [0.25, 0.3) is 0 Å². The fourth-order valence-electron chi connectivity index (χ4n) is 2.26. The molecule has 2 nitrogen and oxygen atoms in total. The SMILES string of the molecule is CN1CCOc2c(ccc(Cl)c2C(C)(C)C)C1. The van der Waals surface area contributed by atoms with Gasteiger partial charge in [-0.1, -0.05) is 38.4 Å². The van der Waals surface area contributed by atoms with E-state index in [9.17, 15) is 0 Å². The summed E-state index contributed by atoms with van der Waals surface area (Å²) >= 11 is 6.34. The van der Waals surface area contributed by atoms with Crippen LogP contribution < -0.4 is 4.74 Å². The molecule has 0 N–H and O–H groups in total. The molecule has 0 fully saturated rings. The summed E-state index contributed by atoms with van der Waals surface area (Å²) < 4.78 is 5.93. The smallest absolute Gasteiger partial charge is 0.129 e. The molecule has 0 radical (unpaired) electrons. The molecular formula is C14H20ClNO. The lowest BCUT2D eigenvalue weighted by Crippen LogP contribution is -2.20. The molecule has 1 aliphatic heterocycles. The first-order valence-corrected chi connectivity index (χ1v) is 6.40. The molecule has 17 heavy (non-hydrogen) atoms. The molecule has 0 aromatic heterocycles. The minimum Gasteiger partial charge on any atom is -0.492 e. The van der Waals surface area contributed by atoms with Gasteiger partial charge in [0, 0.05) is 29.2 Å². The minimum absolute atomic E-state index is 0.00530. The first-order valence-electron chi connectivity index (χ1n) is 6.03. The van der Waals surface area contributed by atoms with Gasteiger partial charge in [0.05, 0.1) is 0 Å². The Balaban J connectivity index is 2.56. The molecule has 0 spiro atoms. The number of benzene rings is 1. The lowest BCUT2D eigenvalue weighted by Gasteiger charge is -2.25. The maximum atomic E-state index is 6.34. The van der Waals surface area contributed by atoms with Crippen molar-refractivity contribution in [1.82, 2.24) is 4.90 Å². The highest BCUT2D eigenvalue weighted by Crippen LogP contribution is 2.40. The van der Waals surface area contributed by atoms with Crippen molar-refractivity contribution >= 4 is 11.6 Å². The second-order valence-electron chi connectivity index (χ2n) is 5.75. The Morgan fingerprint density at radius 1 is 1.29 bits per heavy atom. The monoisotopic (exact) mass is 253 g/mol. The van der Waals surface area contributed by atoms with E-state index in [2.05, 4.69) is 38.8 Å². The van der Waals surface area contributed by atoms with E-state index in [0.29, 0.717) is 0 Å². The average molecular weight is 254 g/mol. The van der Waals surface area contributed by atoms with Crippen LogP contribution in [0, 0.1) is 0 Å². The Hall–Kier alpha value is -0.730. The molecule has 0 saturated carbocycles. The van der Waals surface area contributed by atoms with Crippen LogP contribution in [0.15, 0.2) is 12.1 Å². The fourth-order valence-corrected chi connectivity index (χ4v) is 2.70. The topological polar surface area (TPSA) is 12.5 Å². The lowest BCUT2D eigenvalue weighted by atomic mass is 9.85. The van der Waals surface area contributed by atoms with Crippen molar-refractivity contribution in [3.8, 4) is 5.75 Å². The van der Waals surface area contributed by atoms with Crippen molar-refractivity contribution in [3.63, 3.8) is 0 Å². The summed E-state index contributed by atoms with van der Waals surface area (Å²) in [4.78, 5) is 2.27. The molecule has 3 heteroatoms. The number of likely N-dealkylation sites (N-methyl/N-ethyl adjacent to an activating group) is 1. The first kappa shape index (κ1) is 12.7. The van der Waals surface area contributed by atoms with E-state index in [1.54, 1.807) is 0 Å². The van der Waals surface area contributed by atoms with E-state index < -0.39 is 0 Å². The van der Waals surface area contributed by atoms with Gasteiger partial charge in [0.1, 0.15) is 12.4 Å². The summed E-state index contributed by atoms with van der Waals surface area (Å²) in [6.07, 6.45) is 0. The number of halogens is 1. The number of ether oxygens (including phenoxy) is 1. The van der Waals surface area contributed by atoms with Gasteiger partial charge in [0.15, 0.2) is 0 Å². The van der Waals surface area contributed by atoms with Crippen molar-refractivity contribution in [2.45, 2.75) is 32.7 Å². The summed E-state index contributed by atoms with van der Waals surface area (Å²) in [5.74, 6) is 0.995. The van der Waals surface area contributed by atoms with E-state index in [-0.39, 0.29) is 5.41 Å². The zero-order chi connectivity index (χ0) is 12.6. The maximum absolute atomic E-state index is 6.34. The number of hydrogen-bond donors (Lipinski definition) is 0. The number of rotatable bonds is 0. The molecule has 1 aromatic rings. The molecule has 0 atom stereocenters. The molecule has 0 amide bonds.